The van der Waals surface area contributed by atoms with E-state index in [-0.39, 0.29) is 12.3 Å². The highest BCUT2D eigenvalue weighted by Gasteiger charge is 2.17. The molecule has 0 aromatic heterocycles. The van der Waals surface area contributed by atoms with Crippen molar-refractivity contribution >= 4 is 5.97 Å². The van der Waals surface area contributed by atoms with E-state index in [1.165, 1.54) is 5.56 Å². The van der Waals surface area contributed by atoms with Gasteiger partial charge < -0.3 is 14.6 Å². The van der Waals surface area contributed by atoms with Crippen molar-refractivity contribution in [2.75, 3.05) is 14.2 Å². The molecule has 2 rings (SSSR count). The van der Waals surface area contributed by atoms with Crippen molar-refractivity contribution in [3.8, 4) is 11.5 Å². The monoisotopic (exact) mass is 342 g/mol. The first-order chi connectivity index (χ1) is 12.1. The lowest BCUT2D eigenvalue weighted by atomic mass is 9.89. The van der Waals surface area contributed by atoms with Gasteiger partial charge in [0.1, 0.15) is 0 Å². The predicted octanol–water partition coefficient (Wildman–Crippen LogP) is 4.68. The number of methoxy groups -OCH3 is 2. The number of benzene rings is 2. The second-order valence-electron chi connectivity index (χ2n) is 6.14. The Labute approximate surface area is 149 Å². The Morgan fingerprint density at radius 1 is 1.00 bits per heavy atom. The van der Waals surface area contributed by atoms with Gasteiger partial charge in [-0.25, -0.2) is 0 Å². The van der Waals surface area contributed by atoms with Crippen molar-refractivity contribution in [2.45, 2.75) is 38.0 Å². The van der Waals surface area contributed by atoms with E-state index in [1.807, 2.05) is 36.4 Å². The number of rotatable bonds is 10. The molecule has 0 saturated carbocycles. The number of aryl methyl sites for hydroxylation is 1. The van der Waals surface area contributed by atoms with Gasteiger partial charge in [0, 0.05) is 0 Å². The van der Waals surface area contributed by atoms with Crippen LogP contribution in [-0.4, -0.2) is 25.3 Å². The third-order valence-electron chi connectivity index (χ3n) is 4.41. The fraction of sp³-hybridized carbons (Fsp3) is 0.381. The molecule has 2 aromatic rings. The molecule has 1 atom stereocenters. The van der Waals surface area contributed by atoms with E-state index in [9.17, 15) is 9.90 Å². The average Bonchev–Trinajstić information content (AvgIpc) is 2.64. The van der Waals surface area contributed by atoms with Crippen LogP contribution in [0.5, 0.6) is 11.5 Å². The summed E-state index contributed by atoms with van der Waals surface area (Å²) < 4.78 is 10.6. The van der Waals surface area contributed by atoms with E-state index in [0.29, 0.717) is 11.5 Å². The van der Waals surface area contributed by atoms with E-state index >= 15 is 0 Å². The molecule has 0 aliphatic rings. The summed E-state index contributed by atoms with van der Waals surface area (Å²) in [5.74, 6) is 0.500. The lowest BCUT2D eigenvalue weighted by Crippen LogP contribution is -2.07. The summed E-state index contributed by atoms with van der Waals surface area (Å²) in [7, 11) is 3.18. The lowest BCUT2D eigenvalue weighted by Gasteiger charge is -2.17. The molecular formula is C21H26O4. The Morgan fingerprint density at radius 3 is 2.36 bits per heavy atom. The molecule has 0 radical (unpaired) electrons. The first kappa shape index (κ1) is 18.8. The summed E-state index contributed by atoms with van der Waals surface area (Å²) in [5, 5.41) is 9.25. The van der Waals surface area contributed by atoms with Crippen molar-refractivity contribution in [3.63, 3.8) is 0 Å². The molecule has 0 aliphatic heterocycles. The van der Waals surface area contributed by atoms with Crippen LogP contribution in [0.4, 0.5) is 0 Å². The van der Waals surface area contributed by atoms with E-state index in [2.05, 4.69) is 12.1 Å². The average molecular weight is 342 g/mol. The molecule has 1 N–H and O–H groups in total. The molecule has 0 saturated heterocycles. The number of aliphatic carboxylic acids is 1. The molecule has 0 heterocycles. The summed E-state index contributed by atoms with van der Waals surface area (Å²) >= 11 is 0. The van der Waals surface area contributed by atoms with Crippen LogP contribution in [-0.2, 0) is 11.2 Å². The minimum atomic E-state index is -0.775. The van der Waals surface area contributed by atoms with E-state index in [0.717, 1.165) is 31.2 Å². The van der Waals surface area contributed by atoms with Gasteiger partial charge in [-0.05, 0) is 48.4 Å². The molecule has 0 bridgehead atoms. The van der Waals surface area contributed by atoms with Crippen LogP contribution >= 0.6 is 0 Å². The van der Waals surface area contributed by atoms with E-state index in [1.54, 1.807) is 14.2 Å². The van der Waals surface area contributed by atoms with Crippen LogP contribution in [0.1, 0.15) is 42.7 Å². The minimum absolute atomic E-state index is 0.0203. The summed E-state index contributed by atoms with van der Waals surface area (Å²) in [4.78, 5) is 11.3. The SMILES string of the molecule is COc1ccc(C(CCCCc2ccccc2)CC(=O)O)cc1OC. The standard InChI is InChI=1S/C21H26O4/c1-24-19-13-12-18(14-20(19)25-2)17(15-21(22)23)11-7-6-10-16-8-4-3-5-9-16/h3-5,8-9,12-14,17H,6-7,10-11,15H2,1-2H3,(H,22,23). The van der Waals surface area contributed by atoms with Crippen LogP contribution < -0.4 is 9.47 Å². The van der Waals surface area contributed by atoms with Gasteiger partial charge in [0.05, 0.1) is 20.6 Å². The van der Waals surface area contributed by atoms with Crippen LogP contribution in [0, 0.1) is 0 Å². The lowest BCUT2D eigenvalue weighted by molar-refractivity contribution is -0.137. The number of carbonyl (C=O) groups is 1. The van der Waals surface area contributed by atoms with Gasteiger partial charge in [-0.3, -0.25) is 4.79 Å². The smallest absolute Gasteiger partial charge is 0.303 e. The van der Waals surface area contributed by atoms with Gasteiger partial charge in [-0.1, -0.05) is 42.8 Å². The van der Waals surface area contributed by atoms with Crippen molar-refractivity contribution < 1.29 is 19.4 Å². The molecule has 4 heteroatoms. The van der Waals surface area contributed by atoms with Gasteiger partial charge in [0.25, 0.3) is 0 Å². The highest BCUT2D eigenvalue weighted by Crippen LogP contribution is 2.34. The second-order valence-corrected chi connectivity index (χ2v) is 6.14. The predicted molar refractivity (Wildman–Crippen MR) is 98.5 cm³/mol. The zero-order valence-corrected chi connectivity index (χ0v) is 14.9. The summed E-state index contributed by atoms with van der Waals surface area (Å²) in [6.45, 7) is 0. The molecule has 0 fully saturated rings. The van der Waals surface area contributed by atoms with Gasteiger partial charge in [0.15, 0.2) is 11.5 Å². The van der Waals surface area contributed by atoms with Crippen molar-refractivity contribution in [1.29, 1.82) is 0 Å². The number of carboxylic acids is 1. The van der Waals surface area contributed by atoms with Gasteiger partial charge in [-0.15, -0.1) is 0 Å². The number of ether oxygens (including phenoxy) is 2. The van der Waals surface area contributed by atoms with E-state index in [4.69, 9.17) is 9.47 Å². The fourth-order valence-electron chi connectivity index (χ4n) is 3.07. The zero-order valence-electron chi connectivity index (χ0n) is 14.9. The van der Waals surface area contributed by atoms with Crippen LogP contribution in [0.15, 0.2) is 48.5 Å². The summed E-state index contributed by atoms with van der Waals surface area (Å²) in [6, 6.07) is 16.0. The topological polar surface area (TPSA) is 55.8 Å². The molecule has 1 unspecified atom stereocenters. The molecule has 0 spiro atoms. The molecule has 25 heavy (non-hydrogen) atoms. The fourth-order valence-corrected chi connectivity index (χ4v) is 3.07. The first-order valence-electron chi connectivity index (χ1n) is 8.61. The molecular weight excluding hydrogens is 316 g/mol. The molecule has 4 nitrogen and oxygen atoms in total. The number of carboxylic acid groups (broad SMARTS) is 1. The van der Waals surface area contributed by atoms with Crippen LogP contribution in [0.2, 0.25) is 0 Å². The summed E-state index contributed by atoms with van der Waals surface area (Å²) in [5.41, 5.74) is 2.31. The maximum Gasteiger partial charge on any atom is 0.303 e. The Kier molecular flexibility index (Phi) is 7.33. The normalized spacial score (nSPS) is 11.8. The maximum atomic E-state index is 11.3. The third-order valence-corrected chi connectivity index (χ3v) is 4.41. The van der Waals surface area contributed by atoms with Gasteiger partial charge >= 0.3 is 5.97 Å². The van der Waals surface area contributed by atoms with Crippen molar-refractivity contribution in [3.05, 3.63) is 59.7 Å². The van der Waals surface area contributed by atoms with Gasteiger partial charge in [-0.2, -0.15) is 0 Å². The van der Waals surface area contributed by atoms with Crippen molar-refractivity contribution in [2.24, 2.45) is 0 Å². The largest absolute Gasteiger partial charge is 0.493 e. The molecule has 134 valence electrons. The quantitative estimate of drug-likeness (QED) is 0.637. The number of hydrogen-bond acceptors (Lipinski definition) is 3. The highest BCUT2D eigenvalue weighted by atomic mass is 16.5. The highest BCUT2D eigenvalue weighted by molar-refractivity contribution is 5.68. The van der Waals surface area contributed by atoms with Gasteiger partial charge in [0.2, 0.25) is 0 Å². The second kappa shape index (κ2) is 9.72. The molecule has 2 aromatic carbocycles. The van der Waals surface area contributed by atoms with Crippen LogP contribution in [0.25, 0.3) is 0 Å². The molecule has 0 amide bonds. The third kappa shape index (κ3) is 5.82. The minimum Gasteiger partial charge on any atom is -0.493 e. The van der Waals surface area contributed by atoms with Crippen LogP contribution in [0.3, 0.4) is 0 Å². The maximum absolute atomic E-state index is 11.3. The summed E-state index contributed by atoms with van der Waals surface area (Å²) in [6.07, 6.45) is 4.02. The first-order valence-corrected chi connectivity index (χ1v) is 8.61. The zero-order chi connectivity index (χ0) is 18.1. The Morgan fingerprint density at radius 2 is 1.72 bits per heavy atom. The number of hydrogen-bond donors (Lipinski definition) is 1. The number of unbranched alkanes of at least 4 members (excludes halogenated alkanes) is 1. The Balaban J connectivity index is 1.99. The van der Waals surface area contributed by atoms with Crippen molar-refractivity contribution in [1.82, 2.24) is 0 Å². The Hall–Kier alpha value is -2.49. The molecule has 0 aliphatic carbocycles. The van der Waals surface area contributed by atoms with E-state index < -0.39 is 5.97 Å². The Bertz CT molecular complexity index is 667.